The van der Waals surface area contributed by atoms with Crippen LogP contribution in [0.2, 0.25) is 5.02 Å². The molecular weight excluding hydrogens is 470 g/mol. The van der Waals surface area contributed by atoms with Crippen molar-refractivity contribution in [1.29, 1.82) is 0 Å². The molecule has 0 radical (unpaired) electrons. The second kappa shape index (κ2) is 12.5. The van der Waals surface area contributed by atoms with E-state index in [1.165, 1.54) is 11.3 Å². The third-order valence-corrected chi connectivity index (χ3v) is 6.15. The summed E-state index contributed by atoms with van der Waals surface area (Å²) in [6.45, 7) is 4.01. The van der Waals surface area contributed by atoms with Crippen LogP contribution in [0.3, 0.4) is 0 Å². The Balaban J connectivity index is 1.69. The van der Waals surface area contributed by atoms with Crippen LogP contribution < -0.4 is 10.6 Å². The van der Waals surface area contributed by atoms with Gasteiger partial charge in [-0.15, -0.1) is 11.3 Å². The summed E-state index contributed by atoms with van der Waals surface area (Å²) >= 11 is 7.46. The van der Waals surface area contributed by atoms with Crippen LogP contribution in [0, 0.1) is 6.92 Å². The van der Waals surface area contributed by atoms with E-state index in [9.17, 15) is 9.59 Å². The number of aryl methyl sites for hydroxylation is 1. The van der Waals surface area contributed by atoms with Gasteiger partial charge < -0.3 is 20.4 Å². The number of aromatic nitrogens is 1. The summed E-state index contributed by atoms with van der Waals surface area (Å²) in [4.78, 5) is 33.8. The van der Waals surface area contributed by atoms with E-state index in [-0.39, 0.29) is 18.2 Å². The van der Waals surface area contributed by atoms with E-state index in [0.717, 1.165) is 23.4 Å². The van der Waals surface area contributed by atoms with Gasteiger partial charge in [-0.2, -0.15) is 0 Å². The first-order valence-electron chi connectivity index (χ1n) is 11.0. The Hall–Kier alpha value is -2.94. The first-order chi connectivity index (χ1) is 16.3. The molecule has 0 saturated heterocycles. The van der Waals surface area contributed by atoms with E-state index in [2.05, 4.69) is 15.6 Å². The van der Waals surface area contributed by atoms with Gasteiger partial charge in [-0.25, -0.2) is 4.98 Å². The standard InChI is InChI=1S/C25H30ClN5O2S/c1-18-9-10-20(26)15-21(18)28-25-29-22(17-34-25)24(33)31(16-19-7-5-4-6-8-19)13-11-23(32)27-12-14-30(2)3/h4-10,15,17H,11-14,16H2,1-3H3,(H,27,32)(H,28,29). The van der Waals surface area contributed by atoms with Crippen molar-refractivity contribution in [3.63, 3.8) is 0 Å². The number of likely N-dealkylation sites (N-methyl/N-ethyl adjacent to an activating group) is 1. The number of rotatable bonds is 11. The summed E-state index contributed by atoms with van der Waals surface area (Å²) in [6, 6.07) is 15.3. The minimum Gasteiger partial charge on any atom is -0.355 e. The lowest BCUT2D eigenvalue weighted by Crippen LogP contribution is -2.36. The summed E-state index contributed by atoms with van der Waals surface area (Å²) < 4.78 is 0. The molecule has 0 aliphatic carbocycles. The number of nitrogens with zero attached hydrogens (tertiary/aromatic N) is 3. The lowest BCUT2D eigenvalue weighted by molar-refractivity contribution is -0.121. The highest BCUT2D eigenvalue weighted by Gasteiger charge is 2.20. The van der Waals surface area contributed by atoms with Gasteiger partial charge in [0.25, 0.3) is 5.91 Å². The number of thiazole rings is 1. The highest BCUT2D eigenvalue weighted by molar-refractivity contribution is 7.14. The number of benzene rings is 2. The summed E-state index contributed by atoms with van der Waals surface area (Å²) in [6.07, 6.45) is 0.225. The average molecular weight is 500 g/mol. The summed E-state index contributed by atoms with van der Waals surface area (Å²) in [5.74, 6) is -0.290. The third kappa shape index (κ3) is 7.83. The van der Waals surface area contributed by atoms with Crippen LogP contribution >= 0.6 is 22.9 Å². The van der Waals surface area contributed by atoms with E-state index in [1.807, 2.05) is 74.4 Å². The van der Waals surface area contributed by atoms with Gasteiger partial charge in [0, 0.05) is 48.7 Å². The maximum atomic E-state index is 13.3. The number of hydrogen-bond donors (Lipinski definition) is 2. The number of carbonyl (C=O) groups is 2. The second-order valence-corrected chi connectivity index (χ2v) is 9.53. The largest absolute Gasteiger partial charge is 0.355 e. The fraction of sp³-hybridized carbons (Fsp3) is 0.320. The Morgan fingerprint density at radius 1 is 1.09 bits per heavy atom. The zero-order valence-corrected chi connectivity index (χ0v) is 21.2. The topological polar surface area (TPSA) is 77.6 Å². The van der Waals surface area contributed by atoms with E-state index in [1.54, 1.807) is 10.3 Å². The van der Waals surface area contributed by atoms with Crippen LogP contribution in [0.5, 0.6) is 0 Å². The van der Waals surface area contributed by atoms with Crippen molar-refractivity contribution in [3.05, 3.63) is 75.8 Å². The normalized spacial score (nSPS) is 10.9. The van der Waals surface area contributed by atoms with Crippen molar-refractivity contribution in [2.75, 3.05) is 39.0 Å². The smallest absolute Gasteiger partial charge is 0.273 e. The molecule has 0 fully saturated rings. The van der Waals surface area contributed by atoms with Crippen LogP contribution in [-0.2, 0) is 11.3 Å². The molecule has 3 aromatic rings. The molecular formula is C25H30ClN5O2S. The molecule has 1 heterocycles. The lowest BCUT2D eigenvalue weighted by atomic mass is 10.2. The molecule has 34 heavy (non-hydrogen) atoms. The molecule has 0 saturated carbocycles. The van der Waals surface area contributed by atoms with Crippen LogP contribution in [0.15, 0.2) is 53.9 Å². The van der Waals surface area contributed by atoms with E-state index < -0.39 is 0 Å². The Kier molecular flexibility index (Phi) is 9.44. The van der Waals surface area contributed by atoms with Crippen molar-refractivity contribution >= 4 is 45.6 Å². The molecule has 0 atom stereocenters. The van der Waals surface area contributed by atoms with Gasteiger partial charge in [-0.3, -0.25) is 9.59 Å². The maximum Gasteiger partial charge on any atom is 0.273 e. The molecule has 0 aliphatic heterocycles. The van der Waals surface area contributed by atoms with Gasteiger partial charge in [0.2, 0.25) is 5.91 Å². The van der Waals surface area contributed by atoms with Gasteiger partial charge in [-0.1, -0.05) is 48.0 Å². The number of anilines is 2. The minimum atomic E-state index is -0.211. The Labute approximate surface area is 209 Å². The molecule has 7 nitrogen and oxygen atoms in total. The molecule has 0 unspecified atom stereocenters. The quantitative estimate of drug-likeness (QED) is 0.404. The van der Waals surface area contributed by atoms with E-state index >= 15 is 0 Å². The number of amides is 2. The van der Waals surface area contributed by atoms with Crippen LogP contribution in [-0.4, -0.2) is 60.3 Å². The molecule has 3 rings (SSSR count). The molecule has 1 aromatic heterocycles. The summed E-state index contributed by atoms with van der Waals surface area (Å²) in [5.41, 5.74) is 3.21. The van der Waals surface area contributed by atoms with E-state index in [0.29, 0.717) is 35.5 Å². The third-order valence-electron chi connectivity index (χ3n) is 5.16. The predicted molar refractivity (Wildman–Crippen MR) is 139 cm³/mol. The van der Waals surface area contributed by atoms with Gasteiger partial charge in [-0.05, 0) is 44.3 Å². The van der Waals surface area contributed by atoms with Crippen LogP contribution in [0.4, 0.5) is 10.8 Å². The van der Waals surface area contributed by atoms with Gasteiger partial charge in [0.1, 0.15) is 5.69 Å². The van der Waals surface area contributed by atoms with Gasteiger partial charge in [0.15, 0.2) is 5.13 Å². The highest BCUT2D eigenvalue weighted by atomic mass is 35.5. The van der Waals surface area contributed by atoms with E-state index in [4.69, 9.17) is 11.6 Å². The molecule has 2 aromatic carbocycles. The second-order valence-electron chi connectivity index (χ2n) is 8.24. The van der Waals surface area contributed by atoms with Crippen molar-refractivity contribution < 1.29 is 9.59 Å². The van der Waals surface area contributed by atoms with Crippen molar-refractivity contribution in [2.45, 2.75) is 19.9 Å². The zero-order chi connectivity index (χ0) is 24.5. The van der Waals surface area contributed by atoms with Gasteiger partial charge >= 0.3 is 0 Å². The monoisotopic (exact) mass is 499 g/mol. The number of halogens is 1. The van der Waals surface area contributed by atoms with Crippen molar-refractivity contribution in [2.24, 2.45) is 0 Å². The van der Waals surface area contributed by atoms with Gasteiger partial charge in [0.05, 0.1) is 0 Å². The predicted octanol–water partition coefficient (Wildman–Crippen LogP) is 4.56. The Bertz CT molecular complexity index is 1100. The summed E-state index contributed by atoms with van der Waals surface area (Å²) in [5, 5.41) is 9.11. The average Bonchev–Trinajstić information content (AvgIpc) is 3.27. The number of hydrogen-bond acceptors (Lipinski definition) is 6. The Morgan fingerprint density at radius 3 is 2.59 bits per heavy atom. The molecule has 2 N–H and O–H groups in total. The lowest BCUT2D eigenvalue weighted by Gasteiger charge is -2.22. The summed E-state index contributed by atoms with van der Waals surface area (Å²) in [7, 11) is 3.91. The van der Waals surface area contributed by atoms with Crippen LogP contribution in [0.25, 0.3) is 0 Å². The number of nitrogens with one attached hydrogen (secondary N) is 2. The highest BCUT2D eigenvalue weighted by Crippen LogP contribution is 2.26. The molecule has 180 valence electrons. The zero-order valence-electron chi connectivity index (χ0n) is 19.7. The maximum absolute atomic E-state index is 13.3. The molecule has 9 heteroatoms. The molecule has 0 bridgehead atoms. The first-order valence-corrected chi connectivity index (χ1v) is 12.3. The van der Waals surface area contributed by atoms with Crippen molar-refractivity contribution in [1.82, 2.24) is 20.1 Å². The SMILES string of the molecule is Cc1ccc(Cl)cc1Nc1nc(C(=O)N(CCC(=O)NCCN(C)C)Cc2ccccc2)cs1. The first kappa shape index (κ1) is 25.7. The Morgan fingerprint density at radius 2 is 1.85 bits per heavy atom. The minimum absolute atomic E-state index is 0.0789. The van der Waals surface area contributed by atoms with Crippen LogP contribution in [0.1, 0.15) is 28.0 Å². The molecule has 0 spiro atoms. The fourth-order valence-electron chi connectivity index (χ4n) is 3.24. The molecule has 0 aliphatic rings. The molecule has 2 amide bonds. The number of carbonyl (C=O) groups excluding carboxylic acids is 2. The van der Waals surface area contributed by atoms with Crippen molar-refractivity contribution in [3.8, 4) is 0 Å². The fourth-order valence-corrected chi connectivity index (χ4v) is 4.10.